The Balaban J connectivity index is 1.93. The summed E-state index contributed by atoms with van der Waals surface area (Å²) in [6.07, 6.45) is 0. The monoisotopic (exact) mass is 235 g/mol. The van der Waals surface area contributed by atoms with E-state index in [9.17, 15) is 0 Å². The highest BCUT2D eigenvalue weighted by molar-refractivity contribution is 7.98. The summed E-state index contributed by atoms with van der Waals surface area (Å²) in [5.74, 6) is 1.05. The summed E-state index contributed by atoms with van der Waals surface area (Å²) < 4.78 is 0. The molecule has 78 valence electrons. The molecule has 0 bridgehead atoms. The molecular formula is C12H13NS2. The van der Waals surface area contributed by atoms with Gasteiger partial charge >= 0.3 is 0 Å². The van der Waals surface area contributed by atoms with Gasteiger partial charge in [-0.1, -0.05) is 12.1 Å². The summed E-state index contributed by atoms with van der Waals surface area (Å²) >= 11 is 3.61. The highest BCUT2D eigenvalue weighted by Crippen LogP contribution is 2.23. The van der Waals surface area contributed by atoms with Crippen LogP contribution in [0.25, 0.3) is 0 Å². The van der Waals surface area contributed by atoms with Crippen molar-refractivity contribution < 1.29 is 0 Å². The van der Waals surface area contributed by atoms with Gasteiger partial charge in [-0.15, -0.1) is 11.8 Å². The van der Waals surface area contributed by atoms with E-state index < -0.39 is 0 Å². The van der Waals surface area contributed by atoms with Crippen molar-refractivity contribution in [3.05, 3.63) is 52.2 Å². The molecule has 2 aromatic rings. The van der Waals surface area contributed by atoms with Crippen molar-refractivity contribution in [2.24, 2.45) is 5.73 Å². The highest BCUT2D eigenvalue weighted by Gasteiger charge is 1.96. The zero-order chi connectivity index (χ0) is 10.5. The molecule has 1 nitrogen and oxygen atoms in total. The summed E-state index contributed by atoms with van der Waals surface area (Å²) in [4.78, 5) is 1.30. The number of thioether (sulfide) groups is 1. The first-order chi connectivity index (χ1) is 7.38. The van der Waals surface area contributed by atoms with Crippen molar-refractivity contribution in [2.75, 3.05) is 0 Å². The molecule has 0 aliphatic heterocycles. The number of nitrogens with two attached hydrogens (primary N) is 1. The summed E-state index contributed by atoms with van der Waals surface area (Å²) in [5, 5.41) is 4.31. The van der Waals surface area contributed by atoms with Crippen molar-refractivity contribution in [1.29, 1.82) is 0 Å². The predicted octanol–water partition coefficient (Wildman–Crippen LogP) is 3.50. The van der Waals surface area contributed by atoms with E-state index in [1.165, 1.54) is 16.0 Å². The van der Waals surface area contributed by atoms with Gasteiger partial charge in [-0.3, -0.25) is 0 Å². The Morgan fingerprint density at radius 1 is 1.07 bits per heavy atom. The van der Waals surface area contributed by atoms with Crippen LogP contribution in [0.4, 0.5) is 0 Å². The Labute approximate surface area is 98.3 Å². The Hall–Kier alpha value is -0.770. The summed E-state index contributed by atoms with van der Waals surface area (Å²) in [7, 11) is 0. The molecule has 3 heteroatoms. The Morgan fingerprint density at radius 3 is 2.47 bits per heavy atom. The van der Waals surface area contributed by atoms with Gasteiger partial charge in [0, 0.05) is 17.2 Å². The first-order valence-corrected chi connectivity index (χ1v) is 6.74. The molecule has 1 aromatic carbocycles. The van der Waals surface area contributed by atoms with Crippen molar-refractivity contribution in [2.45, 2.75) is 17.2 Å². The molecule has 2 N–H and O–H groups in total. The first kappa shape index (κ1) is 10.7. The lowest BCUT2D eigenvalue weighted by Crippen LogP contribution is -1.94. The molecule has 0 aliphatic rings. The molecule has 0 spiro atoms. The number of benzene rings is 1. The van der Waals surface area contributed by atoms with Crippen LogP contribution in [-0.4, -0.2) is 0 Å². The zero-order valence-corrected chi connectivity index (χ0v) is 9.98. The number of rotatable bonds is 4. The number of hydrogen-bond donors (Lipinski definition) is 1. The van der Waals surface area contributed by atoms with Gasteiger partial charge in [0.1, 0.15) is 0 Å². The molecule has 1 heterocycles. The number of thiophene rings is 1. The van der Waals surface area contributed by atoms with Crippen LogP contribution in [0.3, 0.4) is 0 Å². The molecule has 0 unspecified atom stereocenters. The molecule has 1 aromatic heterocycles. The van der Waals surface area contributed by atoms with E-state index in [2.05, 4.69) is 41.1 Å². The van der Waals surface area contributed by atoms with Crippen LogP contribution in [0, 0.1) is 0 Å². The predicted molar refractivity (Wildman–Crippen MR) is 68.2 cm³/mol. The van der Waals surface area contributed by atoms with Gasteiger partial charge < -0.3 is 5.73 Å². The molecule has 15 heavy (non-hydrogen) atoms. The Kier molecular flexibility index (Phi) is 3.83. The smallest absolute Gasteiger partial charge is 0.0240 e. The molecule has 0 saturated heterocycles. The van der Waals surface area contributed by atoms with E-state index in [4.69, 9.17) is 5.73 Å². The second-order valence-electron chi connectivity index (χ2n) is 3.27. The zero-order valence-electron chi connectivity index (χ0n) is 8.35. The van der Waals surface area contributed by atoms with Crippen LogP contribution in [0.15, 0.2) is 46.0 Å². The second-order valence-corrected chi connectivity index (χ2v) is 5.10. The van der Waals surface area contributed by atoms with Crippen LogP contribution in [-0.2, 0) is 12.3 Å². The molecule has 0 amide bonds. The minimum absolute atomic E-state index is 0.621. The largest absolute Gasteiger partial charge is 0.326 e. The summed E-state index contributed by atoms with van der Waals surface area (Å²) in [6, 6.07) is 10.6. The fourth-order valence-corrected chi connectivity index (χ4v) is 2.88. The lowest BCUT2D eigenvalue weighted by Gasteiger charge is -2.01. The van der Waals surface area contributed by atoms with Crippen LogP contribution < -0.4 is 5.73 Å². The topological polar surface area (TPSA) is 26.0 Å². The van der Waals surface area contributed by atoms with Crippen LogP contribution >= 0.6 is 23.1 Å². The van der Waals surface area contributed by atoms with Crippen molar-refractivity contribution >= 4 is 23.1 Å². The maximum absolute atomic E-state index is 5.55. The minimum atomic E-state index is 0.621. The van der Waals surface area contributed by atoms with E-state index >= 15 is 0 Å². The average Bonchev–Trinajstić information content (AvgIpc) is 2.80. The van der Waals surface area contributed by atoms with Crippen LogP contribution in [0.1, 0.15) is 11.1 Å². The van der Waals surface area contributed by atoms with Gasteiger partial charge in [0.15, 0.2) is 0 Å². The van der Waals surface area contributed by atoms with Crippen molar-refractivity contribution in [1.82, 2.24) is 0 Å². The third kappa shape index (κ3) is 3.09. The first-order valence-electron chi connectivity index (χ1n) is 4.81. The molecule has 0 aliphatic carbocycles. The third-order valence-corrected chi connectivity index (χ3v) is 3.96. The maximum atomic E-state index is 5.55. The lowest BCUT2D eigenvalue weighted by atomic mass is 10.2. The molecule has 0 atom stereocenters. The average molecular weight is 235 g/mol. The quantitative estimate of drug-likeness (QED) is 0.821. The maximum Gasteiger partial charge on any atom is 0.0240 e. The molecular weight excluding hydrogens is 222 g/mol. The summed E-state index contributed by atoms with van der Waals surface area (Å²) in [6.45, 7) is 0.621. The molecule has 0 radical (unpaired) electrons. The lowest BCUT2D eigenvalue weighted by molar-refractivity contribution is 1.07. The van der Waals surface area contributed by atoms with Gasteiger partial charge in [-0.25, -0.2) is 0 Å². The van der Waals surface area contributed by atoms with Gasteiger partial charge in [0.25, 0.3) is 0 Å². The van der Waals surface area contributed by atoms with Crippen LogP contribution in [0.2, 0.25) is 0 Å². The van der Waals surface area contributed by atoms with E-state index in [1.54, 1.807) is 11.3 Å². The van der Waals surface area contributed by atoms with Crippen molar-refractivity contribution in [3.63, 3.8) is 0 Å². The fourth-order valence-electron chi connectivity index (χ4n) is 1.26. The molecule has 0 fully saturated rings. The fraction of sp³-hybridized carbons (Fsp3) is 0.167. The Bertz CT molecular complexity index is 392. The van der Waals surface area contributed by atoms with E-state index in [0.717, 1.165) is 5.75 Å². The van der Waals surface area contributed by atoms with Gasteiger partial charge in [-0.2, -0.15) is 11.3 Å². The van der Waals surface area contributed by atoms with E-state index in [1.807, 2.05) is 11.8 Å². The normalized spacial score (nSPS) is 10.5. The van der Waals surface area contributed by atoms with Gasteiger partial charge in [0.05, 0.1) is 0 Å². The number of hydrogen-bond acceptors (Lipinski definition) is 3. The third-order valence-electron chi connectivity index (χ3n) is 2.14. The highest BCUT2D eigenvalue weighted by atomic mass is 32.2. The second kappa shape index (κ2) is 5.35. The van der Waals surface area contributed by atoms with E-state index in [0.29, 0.717) is 6.54 Å². The molecule has 2 rings (SSSR count). The molecule has 0 saturated carbocycles. The van der Waals surface area contributed by atoms with Crippen molar-refractivity contribution in [3.8, 4) is 0 Å². The minimum Gasteiger partial charge on any atom is -0.326 e. The SMILES string of the molecule is NCc1ccc(SCc2ccsc2)cc1. The Morgan fingerprint density at radius 2 is 1.87 bits per heavy atom. The van der Waals surface area contributed by atoms with Gasteiger partial charge in [0.2, 0.25) is 0 Å². The van der Waals surface area contributed by atoms with Gasteiger partial charge in [-0.05, 0) is 40.1 Å². The summed E-state index contributed by atoms with van der Waals surface area (Å²) in [5.41, 5.74) is 8.13. The van der Waals surface area contributed by atoms with E-state index in [-0.39, 0.29) is 0 Å². The van der Waals surface area contributed by atoms with Crippen LogP contribution in [0.5, 0.6) is 0 Å². The standard InChI is InChI=1S/C12H13NS2/c13-7-10-1-3-12(4-2-10)15-9-11-5-6-14-8-11/h1-6,8H,7,9,13H2.